The monoisotopic (exact) mass is 353 g/mol. The standard InChI is InChI=1S/C19H16ClN3O2/c1-23(2)19(25)14-5-9-17(10-6-14)22-18(24)15(12-21)11-13-3-7-16(20)8-4-13/h3-11H,1-2H3,(H,22,24)/b15-11-. The summed E-state index contributed by atoms with van der Waals surface area (Å²) in [5.41, 5.74) is 1.68. The van der Waals surface area contributed by atoms with E-state index >= 15 is 0 Å². The predicted octanol–water partition coefficient (Wildman–Crippen LogP) is 3.59. The summed E-state index contributed by atoms with van der Waals surface area (Å²) in [7, 11) is 3.33. The van der Waals surface area contributed by atoms with Crippen LogP contribution in [0.2, 0.25) is 5.02 Å². The number of rotatable bonds is 4. The van der Waals surface area contributed by atoms with Crippen molar-refractivity contribution in [3.63, 3.8) is 0 Å². The summed E-state index contributed by atoms with van der Waals surface area (Å²) in [5.74, 6) is -0.651. The number of hydrogen-bond acceptors (Lipinski definition) is 3. The topological polar surface area (TPSA) is 73.2 Å². The van der Waals surface area contributed by atoms with Crippen LogP contribution in [0.15, 0.2) is 54.1 Å². The Bertz CT molecular complexity index is 848. The van der Waals surface area contributed by atoms with Gasteiger partial charge in [0.2, 0.25) is 0 Å². The number of anilines is 1. The minimum atomic E-state index is -0.524. The molecule has 2 aromatic carbocycles. The van der Waals surface area contributed by atoms with Crippen LogP contribution in [0, 0.1) is 11.3 Å². The smallest absolute Gasteiger partial charge is 0.266 e. The molecule has 0 saturated heterocycles. The lowest BCUT2D eigenvalue weighted by Crippen LogP contribution is -2.21. The highest BCUT2D eigenvalue weighted by atomic mass is 35.5. The molecule has 0 saturated carbocycles. The Labute approximate surface area is 151 Å². The molecular weight excluding hydrogens is 338 g/mol. The SMILES string of the molecule is CN(C)C(=O)c1ccc(NC(=O)/C(C#N)=C\c2ccc(Cl)cc2)cc1. The van der Waals surface area contributed by atoms with Gasteiger partial charge < -0.3 is 10.2 Å². The average molecular weight is 354 g/mol. The highest BCUT2D eigenvalue weighted by molar-refractivity contribution is 6.30. The molecule has 25 heavy (non-hydrogen) atoms. The molecule has 0 atom stereocenters. The summed E-state index contributed by atoms with van der Waals surface area (Å²) < 4.78 is 0. The van der Waals surface area contributed by atoms with E-state index in [4.69, 9.17) is 11.6 Å². The first kappa shape index (κ1) is 18.2. The van der Waals surface area contributed by atoms with Gasteiger partial charge in [0.1, 0.15) is 11.6 Å². The second kappa shape index (κ2) is 8.13. The summed E-state index contributed by atoms with van der Waals surface area (Å²) in [6.07, 6.45) is 1.48. The molecule has 2 amide bonds. The van der Waals surface area contributed by atoms with Gasteiger partial charge in [-0.3, -0.25) is 9.59 Å². The second-order valence-corrected chi connectivity index (χ2v) is 5.89. The molecule has 0 aromatic heterocycles. The largest absolute Gasteiger partial charge is 0.345 e. The molecule has 0 unspecified atom stereocenters. The third kappa shape index (κ3) is 4.93. The van der Waals surface area contributed by atoms with Crippen LogP contribution in [-0.4, -0.2) is 30.8 Å². The van der Waals surface area contributed by atoms with E-state index in [1.807, 2.05) is 6.07 Å². The van der Waals surface area contributed by atoms with E-state index in [-0.39, 0.29) is 11.5 Å². The van der Waals surface area contributed by atoms with E-state index in [2.05, 4.69) is 5.32 Å². The minimum absolute atomic E-state index is 0.0317. The van der Waals surface area contributed by atoms with Crippen molar-refractivity contribution >= 4 is 35.2 Å². The first-order valence-corrected chi connectivity index (χ1v) is 7.79. The van der Waals surface area contributed by atoms with Gasteiger partial charge in [-0.1, -0.05) is 23.7 Å². The molecule has 0 spiro atoms. The number of nitrogens with one attached hydrogen (secondary N) is 1. The fraction of sp³-hybridized carbons (Fsp3) is 0.105. The quantitative estimate of drug-likeness (QED) is 0.674. The summed E-state index contributed by atoms with van der Waals surface area (Å²) in [4.78, 5) is 25.5. The lowest BCUT2D eigenvalue weighted by Gasteiger charge is -2.10. The molecule has 0 radical (unpaired) electrons. The van der Waals surface area contributed by atoms with E-state index in [0.29, 0.717) is 21.8 Å². The highest BCUT2D eigenvalue weighted by Crippen LogP contribution is 2.15. The molecule has 1 N–H and O–H groups in total. The first-order valence-electron chi connectivity index (χ1n) is 7.41. The fourth-order valence-corrected chi connectivity index (χ4v) is 2.15. The molecular formula is C19H16ClN3O2. The number of benzene rings is 2. The van der Waals surface area contributed by atoms with Gasteiger partial charge in [0.25, 0.3) is 11.8 Å². The number of carbonyl (C=O) groups is 2. The lowest BCUT2D eigenvalue weighted by molar-refractivity contribution is -0.112. The van der Waals surface area contributed by atoms with Crippen LogP contribution >= 0.6 is 11.6 Å². The zero-order valence-corrected chi connectivity index (χ0v) is 14.5. The van der Waals surface area contributed by atoms with Crippen molar-refractivity contribution in [1.29, 1.82) is 5.26 Å². The maximum Gasteiger partial charge on any atom is 0.266 e. The highest BCUT2D eigenvalue weighted by Gasteiger charge is 2.11. The summed E-state index contributed by atoms with van der Waals surface area (Å²) in [5, 5.41) is 12.4. The Kier molecular flexibility index (Phi) is 5.93. The third-order valence-corrected chi connectivity index (χ3v) is 3.59. The summed E-state index contributed by atoms with van der Waals surface area (Å²) in [6, 6.07) is 15.2. The minimum Gasteiger partial charge on any atom is -0.345 e. The van der Waals surface area contributed by atoms with Gasteiger partial charge in [0.15, 0.2) is 0 Å². The second-order valence-electron chi connectivity index (χ2n) is 5.45. The van der Waals surface area contributed by atoms with Gasteiger partial charge in [-0.15, -0.1) is 0 Å². The Morgan fingerprint density at radius 3 is 2.20 bits per heavy atom. The Hall–Kier alpha value is -3.10. The van der Waals surface area contributed by atoms with E-state index < -0.39 is 5.91 Å². The first-order chi connectivity index (χ1) is 11.9. The van der Waals surface area contributed by atoms with Crippen LogP contribution in [0.4, 0.5) is 5.69 Å². The third-order valence-electron chi connectivity index (χ3n) is 3.34. The van der Waals surface area contributed by atoms with Gasteiger partial charge in [0.05, 0.1) is 0 Å². The molecule has 5 nitrogen and oxygen atoms in total. The molecule has 0 aliphatic rings. The van der Waals surface area contributed by atoms with Crippen LogP contribution in [0.3, 0.4) is 0 Å². The van der Waals surface area contributed by atoms with E-state index in [9.17, 15) is 14.9 Å². The van der Waals surface area contributed by atoms with E-state index in [1.54, 1.807) is 62.6 Å². The van der Waals surface area contributed by atoms with Gasteiger partial charge in [-0.25, -0.2) is 0 Å². The van der Waals surface area contributed by atoms with Crippen LogP contribution < -0.4 is 5.32 Å². The molecule has 0 bridgehead atoms. The zero-order valence-electron chi connectivity index (χ0n) is 13.8. The van der Waals surface area contributed by atoms with Crippen molar-refractivity contribution in [3.8, 4) is 6.07 Å². The molecule has 0 fully saturated rings. The van der Waals surface area contributed by atoms with Crippen molar-refractivity contribution in [1.82, 2.24) is 4.90 Å². The Morgan fingerprint density at radius 2 is 1.68 bits per heavy atom. The number of amides is 2. The van der Waals surface area contributed by atoms with Crippen LogP contribution in [0.25, 0.3) is 6.08 Å². The maximum absolute atomic E-state index is 12.2. The average Bonchev–Trinajstić information content (AvgIpc) is 2.61. The van der Waals surface area contributed by atoms with E-state index in [0.717, 1.165) is 0 Å². The predicted molar refractivity (Wildman–Crippen MR) is 98.1 cm³/mol. The molecule has 2 rings (SSSR count). The van der Waals surface area contributed by atoms with Gasteiger partial charge in [-0.2, -0.15) is 5.26 Å². The van der Waals surface area contributed by atoms with Gasteiger partial charge in [0, 0.05) is 30.4 Å². The normalized spacial score (nSPS) is 10.7. The van der Waals surface area contributed by atoms with Gasteiger partial charge in [-0.05, 0) is 48.0 Å². The van der Waals surface area contributed by atoms with Crippen molar-refractivity contribution in [2.45, 2.75) is 0 Å². The van der Waals surface area contributed by atoms with Crippen molar-refractivity contribution in [2.24, 2.45) is 0 Å². The lowest BCUT2D eigenvalue weighted by atomic mass is 10.1. The Morgan fingerprint density at radius 1 is 1.08 bits per heavy atom. The molecule has 0 aliphatic carbocycles. The van der Waals surface area contributed by atoms with Gasteiger partial charge >= 0.3 is 0 Å². The zero-order chi connectivity index (χ0) is 18.4. The number of nitriles is 1. The van der Waals surface area contributed by atoms with Crippen LogP contribution in [0.5, 0.6) is 0 Å². The molecule has 0 aliphatic heterocycles. The van der Waals surface area contributed by atoms with Crippen LogP contribution in [-0.2, 0) is 4.79 Å². The number of carbonyl (C=O) groups excluding carboxylic acids is 2. The number of hydrogen-bond donors (Lipinski definition) is 1. The number of nitrogens with zero attached hydrogens (tertiary/aromatic N) is 2. The van der Waals surface area contributed by atoms with Crippen molar-refractivity contribution in [2.75, 3.05) is 19.4 Å². The molecule has 6 heteroatoms. The Balaban J connectivity index is 2.13. The summed E-state index contributed by atoms with van der Waals surface area (Å²) >= 11 is 5.81. The van der Waals surface area contributed by atoms with Crippen molar-refractivity contribution in [3.05, 3.63) is 70.3 Å². The van der Waals surface area contributed by atoms with Crippen molar-refractivity contribution < 1.29 is 9.59 Å². The summed E-state index contributed by atoms with van der Waals surface area (Å²) in [6.45, 7) is 0. The van der Waals surface area contributed by atoms with Crippen LogP contribution in [0.1, 0.15) is 15.9 Å². The molecule has 2 aromatic rings. The fourth-order valence-electron chi connectivity index (χ4n) is 2.03. The molecule has 0 heterocycles. The van der Waals surface area contributed by atoms with E-state index in [1.165, 1.54) is 11.0 Å². The maximum atomic E-state index is 12.2. The number of halogens is 1. The molecule has 126 valence electrons.